The highest BCUT2D eigenvalue weighted by Crippen LogP contribution is 2.25. The Balaban J connectivity index is 2.56. The Morgan fingerprint density at radius 2 is 2.11 bits per heavy atom. The van der Waals surface area contributed by atoms with E-state index in [9.17, 15) is 4.79 Å². The number of nitrogens with one attached hydrogen (secondary N) is 1. The Morgan fingerprint density at radius 3 is 2.63 bits per heavy atom. The zero-order chi connectivity index (χ0) is 14.4. The second kappa shape index (κ2) is 7.37. The second-order valence-electron chi connectivity index (χ2n) is 4.83. The van der Waals surface area contributed by atoms with Crippen molar-refractivity contribution in [3.05, 3.63) is 0 Å². The Kier molecular flexibility index (Phi) is 6.14. The molecule has 0 aliphatic rings. The number of anilines is 1. The van der Waals surface area contributed by atoms with Crippen molar-refractivity contribution >= 4 is 23.6 Å². The topological polar surface area (TPSA) is 63.1 Å². The zero-order valence-corrected chi connectivity index (χ0v) is 13.1. The summed E-state index contributed by atoms with van der Waals surface area (Å²) in [5, 5.41) is 12.2. The molecule has 0 saturated heterocycles. The molecule has 6 nitrogen and oxygen atoms in total. The summed E-state index contributed by atoms with van der Waals surface area (Å²) in [5.41, 5.74) is 0. The lowest BCUT2D eigenvalue weighted by Gasteiger charge is -2.17. The standard InChI is InChI=1S/C12H23N5OS/c1-9(2)17-11(16(4)5)14-15-12(17)19-8-6-7-13-10(3)18/h9H,6-8H2,1-5H3,(H,13,18). The minimum Gasteiger partial charge on any atom is -0.356 e. The summed E-state index contributed by atoms with van der Waals surface area (Å²) in [6.07, 6.45) is 0.923. The molecule has 0 unspecified atom stereocenters. The maximum atomic E-state index is 10.7. The molecule has 19 heavy (non-hydrogen) atoms. The number of aromatic nitrogens is 3. The predicted molar refractivity (Wildman–Crippen MR) is 78.8 cm³/mol. The number of hydrogen-bond acceptors (Lipinski definition) is 5. The van der Waals surface area contributed by atoms with Crippen LogP contribution < -0.4 is 10.2 Å². The van der Waals surface area contributed by atoms with Crippen LogP contribution in [0.25, 0.3) is 0 Å². The van der Waals surface area contributed by atoms with E-state index in [0.29, 0.717) is 12.6 Å². The summed E-state index contributed by atoms with van der Waals surface area (Å²) < 4.78 is 2.13. The first-order valence-electron chi connectivity index (χ1n) is 6.43. The highest BCUT2D eigenvalue weighted by Gasteiger charge is 2.16. The van der Waals surface area contributed by atoms with Gasteiger partial charge >= 0.3 is 0 Å². The van der Waals surface area contributed by atoms with Gasteiger partial charge in [-0.3, -0.25) is 9.36 Å². The Hall–Kier alpha value is -1.24. The predicted octanol–water partition coefficient (Wildman–Crippen LogP) is 1.54. The Morgan fingerprint density at radius 1 is 1.42 bits per heavy atom. The number of amides is 1. The molecule has 0 fully saturated rings. The fourth-order valence-corrected chi connectivity index (χ4v) is 2.63. The summed E-state index contributed by atoms with van der Waals surface area (Å²) in [6, 6.07) is 0.324. The van der Waals surface area contributed by atoms with Crippen LogP contribution in [0.1, 0.15) is 33.2 Å². The monoisotopic (exact) mass is 285 g/mol. The molecule has 0 saturated carbocycles. The molecule has 0 aliphatic heterocycles. The molecule has 1 rings (SSSR count). The van der Waals surface area contributed by atoms with Crippen molar-refractivity contribution in [3.8, 4) is 0 Å². The fraction of sp³-hybridized carbons (Fsp3) is 0.750. The maximum Gasteiger partial charge on any atom is 0.227 e. The van der Waals surface area contributed by atoms with E-state index in [0.717, 1.165) is 23.3 Å². The lowest BCUT2D eigenvalue weighted by Crippen LogP contribution is -2.21. The summed E-state index contributed by atoms with van der Waals surface area (Å²) in [5.74, 6) is 1.81. The van der Waals surface area contributed by atoms with Crippen molar-refractivity contribution in [3.63, 3.8) is 0 Å². The third-order valence-corrected chi connectivity index (χ3v) is 3.52. The van der Waals surface area contributed by atoms with E-state index in [2.05, 4.69) is 33.9 Å². The molecule has 1 amide bonds. The van der Waals surface area contributed by atoms with Crippen LogP contribution in [0.5, 0.6) is 0 Å². The number of thioether (sulfide) groups is 1. The normalized spacial score (nSPS) is 10.8. The van der Waals surface area contributed by atoms with E-state index in [1.807, 2.05) is 19.0 Å². The van der Waals surface area contributed by atoms with Gasteiger partial charge in [0.25, 0.3) is 0 Å². The van der Waals surface area contributed by atoms with Crippen molar-refractivity contribution in [2.24, 2.45) is 0 Å². The zero-order valence-electron chi connectivity index (χ0n) is 12.3. The third-order valence-electron chi connectivity index (χ3n) is 2.49. The molecule has 1 aromatic rings. The molecule has 0 spiro atoms. The van der Waals surface area contributed by atoms with E-state index >= 15 is 0 Å². The molecule has 7 heteroatoms. The summed E-state index contributed by atoms with van der Waals surface area (Å²) >= 11 is 1.68. The fourth-order valence-electron chi connectivity index (χ4n) is 1.62. The smallest absolute Gasteiger partial charge is 0.227 e. The second-order valence-corrected chi connectivity index (χ2v) is 5.89. The molecule has 1 heterocycles. The van der Waals surface area contributed by atoms with Crippen LogP contribution in [0.3, 0.4) is 0 Å². The van der Waals surface area contributed by atoms with Crippen LogP contribution in [-0.4, -0.2) is 47.1 Å². The van der Waals surface area contributed by atoms with Gasteiger partial charge < -0.3 is 10.2 Å². The largest absolute Gasteiger partial charge is 0.356 e. The van der Waals surface area contributed by atoms with Gasteiger partial charge in [0.05, 0.1) is 0 Å². The molecule has 1 aromatic heterocycles. The van der Waals surface area contributed by atoms with Gasteiger partial charge in [-0.25, -0.2) is 0 Å². The first-order valence-corrected chi connectivity index (χ1v) is 7.41. The minimum absolute atomic E-state index is 0.0187. The van der Waals surface area contributed by atoms with Crippen molar-refractivity contribution in [2.45, 2.75) is 38.4 Å². The van der Waals surface area contributed by atoms with E-state index in [1.54, 1.807) is 11.8 Å². The lowest BCUT2D eigenvalue weighted by atomic mass is 10.4. The SMILES string of the molecule is CC(=O)NCCCSc1nnc(N(C)C)n1C(C)C. The number of nitrogens with zero attached hydrogens (tertiary/aromatic N) is 4. The average Bonchev–Trinajstić information content (AvgIpc) is 2.72. The van der Waals surface area contributed by atoms with Crippen LogP contribution in [0.2, 0.25) is 0 Å². The van der Waals surface area contributed by atoms with Crippen LogP contribution >= 0.6 is 11.8 Å². The summed E-state index contributed by atoms with van der Waals surface area (Å²) in [7, 11) is 3.93. The van der Waals surface area contributed by atoms with Crippen molar-refractivity contribution in [1.29, 1.82) is 0 Å². The van der Waals surface area contributed by atoms with E-state index in [4.69, 9.17) is 0 Å². The van der Waals surface area contributed by atoms with Crippen molar-refractivity contribution < 1.29 is 4.79 Å². The van der Waals surface area contributed by atoms with Crippen molar-refractivity contribution in [1.82, 2.24) is 20.1 Å². The summed E-state index contributed by atoms with van der Waals surface area (Å²) in [6.45, 7) is 6.49. The molecule has 0 bridgehead atoms. The van der Waals surface area contributed by atoms with E-state index < -0.39 is 0 Å². The first-order chi connectivity index (χ1) is 8.93. The van der Waals surface area contributed by atoms with Gasteiger partial charge in [-0.15, -0.1) is 10.2 Å². The molecular weight excluding hydrogens is 262 g/mol. The molecular formula is C12H23N5OS. The van der Waals surface area contributed by atoms with Gasteiger partial charge in [-0.05, 0) is 20.3 Å². The van der Waals surface area contributed by atoms with Crippen LogP contribution in [-0.2, 0) is 4.79 Å². The Labute approximate surface area is 119 Å². The van der Waals surface area contributed by atoms with Gasteiger partial charge in [0.15, 0.2) is 5.16 Å². The summed E-state index contributed by atoms with van der Waals surface area (Å²) in [4.78, 5) is 12.7. The van der Waals surface area contributed by atoms with Gasteiger partial charge in [-0.2, -0.15) is 0 Å². The van der Waals surface area contributed by atoms with E-state index in [1.165, 1.54) is 6.92 Å². The van der Waals surface area contributed by atoms with Crippen LogP contribution in [0, 0.1) is 0 Å². The van der Waals surface area contributed by atoms with Gasteiger partial charge in [-0.1, -0.05) is 11.8 Å². The number of hydrogen-bond donors (Lipinski definition) is 1. The minimum atomic E-state index is 0.0187. The van der Waals surface area contributed by atoms with Crippen LogP contribution in [0.15, 0.2) is 5.16 Å². The maximum absolute atomic E-state index is 10.7. The van der Waals surface area contributed by atoms with Gasteiger partial charge in [0, 0.05) is 39.4 Å². The molecule has 0 aromatic carbocycles. The number of carbonyl (C=O) groups excluding carboxylic acids is 1. The molecule has 0 aliphatic carbocycles. The highest BCUT2D eigenvalue weighted by atomic mass is 32.2. The average molecular weight is 285 g/mol. The highest BCUT2D eigenvalue weighted by molar-refractivity contribution is 7.99. The molecule has 0 atom stereocenters. The number of rotatable bonds is 7. The van der Waals surface area contributed by atoms with Gasteiger partial charge in [0.1, 0.15) is 0 Å². The van der Waals surface area contributed by atoms with Crippen LogP contribution in [0.4, 0.5) is 5.95 Å². The first kappa shape index (κ1) is 15.8. The third kappa shape index (κ3) is 4.74. The molecule has 1 N–H and O–H groups in total. The molecule has 108 valence electrons. The molecule has 0 radical (unpaired) electrons. The Bertz CT molecular complexity index is 416. The number of carbonyl (C=O) groups is 1. The quantitative estimate of drug-likeness (QED) is 0.608. The lowest BCUT2D eigenvalue weighted by molar-refractivity contribution is -0.118. The van der Waals surface area contributed by atoms with Crippen molar-refractivity contribution in [2.75, 3.05) is 31.3 Å². The van der Waals surface area contributed by atoms with Gasteiger partial charge in [0.2, 0.25) is 11.9 Å². The van der Waals surface area contributed by atoms with E-state index in [-0.39, 0.29) is 5.91 Å².